The molecule has 0 aliphatic carbocycles. The number of nitrogens with zero attached hydrogens (tertiary/aromatic N) is 3. The number of thiophene rings is 1. The summed E-state index contributed by atoms with van der Waals surface area (Å²) in [5.41, 5.74) is 5.59. The van der Waals surface area contributed by atoms with Crippen LogP contribution < -0.4 is 0 Å². The lowest BCUT2D eigenvalue weighted by molar-refractivity contribution is 1.15. The molecule has 0 N–H and O–H groups in total. The Morgan fingerprint density at radius 3 is 2.54 bits per heavy atom. The van der Waals surface area contributed by atoms with Crippen LogP contribution in [0.5, 0.6) is 0 Å². The maximum absolute atomic E-state index is 4.63. The van der Waals surface area contributed by atoms with Crippen molar-refractivity contribution >= 4 is 42.7 Å². The molecule has 0 spiro atoms. The van der Waals surface area contributed by atoms with Gasteiger partial charge in [0.05, 0.1) is 11.7 Å². The van der Waals surface area contributed by atoms with Gasteiger partial charge in [-0.05, 0) is 29.3 Å². The molecule has 0 saturated carbocycles. The Labute approximate surface area is 165 Å². The molecule has 3 aromatic heterocycles. The minimum absolute atomic E-state index is 1.01. The molecule has 0 radical (unpaired) electrons. The van der Waals surface area contributed by atoms with E-state index in [9.17, 15) is 0 Å². The Morgan fingerprint density at radius 2 is 1.61 bits per heavy atom. The van der Waals surface area contributed by atoms with Crippen molar-refractivity contribution in [2.24, 2.45) is 0 Å². The third-order valence-electron chi connectivity index (χ3n) is 5.16. The maximum atomic E-state index is 4.63. The Bertz CT molecular complexity index is 1460. The SMILES string of the molecule is c1ccc(-c2cccc(-n3c4cncnc4c4c5ccccc5sc43)c2)cc1. The van der Waals surface area contributed by atoms with Crippen molar-refractivity contribution in [3.63, 3.8) is 0 Å². The minimum Gasteiger partial charge on any atom is -0.298 e. The molecule has 0 aliphatic heterocycles. The van der Waals surface area contributed by atoms with Crippen molar-refractivity contribution in [1.29, 1.82) is 0 Å². The van der Waals surface area contributed by atoms with Gasteiger partial charge in [0.15, 0.2) is 0 Å². The second-order valence-corrected chi connectivity index (χ2v) is 7.82. The first kappa shape index (κ1) is 15.5. The molecule has 0 amide bonds. The molecule has 3 nitrogen and oxygen atoms in total. The van der Waals surface area contributed by atoms with Crippen LogP contribution in [-0.4, -0.2) is 14.5 Å². The van der Waals surface area contributed by atoms with E-state index in [1.807, 2.05) is 12.3 Å². The second-order valence-electron chi connectivity index (χ2n) is 6.79. The second kappa shape index (κ2) is 6.01. The molecular weight excluding hydrogens is 362 g/mol. The maximum Gasteiger partial charge on any atom is 0.116 e. The van der Waals surface area contributed by atoms with Crippen molar-refractivity contribution < 1.29 is 0 Å². The van der Waals surface area contributed by atoms with Gasteiger partial charge >= 0.3 is 0 Å². The van der Waals surface area contributed by atoms with Crippen LogP contribution in [0.15, 0.2) is 91.4 Å². The number of fused-ring (bicyclic) bond motifs is 5. The number of hydrogen-bond acceptors (Lipinski definition) is 3. The van der Waals surface area contributed by atoms with E-state index in [1.54, 1.807) is 17.7 Å². The van der Waals surface area contributed by atoms with Crippen molar-refractivity contribution in [2.75, 3.05) is 0 Å². The summed E-state index contributed by atoms with van der Waals surface area (Å²) in [6.07, 6.45) is 3.55. The van der Waals surface area contributed by atoms with Gasteiger partial charge in [0.25, 0.3) is 0 Å². The van der Waals surface area contributed by atoms with E-state index in [4.69, 9.17) is 0 Å². The van der Waals surface area contributed by atoms with Crippen LogP contribution in [0.3, 0.4) is 0 Å². The standard InChI is InChI=1S/C24H15N3S/c1-2-7-16(8-3-1)17-9-6-10-18(13-17)27-20-14-25-15-26-23(20)22-19-11-4-5-12-21(19)28-24(22)27/h1-15H. The molecule has 6 rings (SSSR count). The molecule has 3 aromatic carbocycles. The third-order valence-corrected chi connectivity index (χ3v) is 6.32. The zero-order valence-corrected chi connectivity index (χ0v) is 15.7. The zero-order valence-electron chi connectivity index (χ0n) is 14.9. The molecular formula is C24H15N3S. The highest BCUT2D eigenvalue weighted by atomic mass is 32.1. The van der Waals surface area contributed by atoms with Crippen LogP contribution in [0, 0.1) is 0 Å². The van der Waals surface area contributed by atoms with Crippen LogP contribution in [0.4, 0.5) is 0 Å². The van der Waals surface area contributed by atoms with Crippen molar-refractivity contribution in [2.45, 2.75) is 0 Å². The average molecular weight is 377 g/mol. The lowest BCUT2D eigenvalue weighted by Gasteiger charge is -2.09. The van der Waals surface area contributed by atoms with E-state index in [2.05, 4.69) is 87.3 Å². The van der Waals surface area contributed by atoms with Gasteiger partial charge in [-0.2, -0.15) is 0 Å². The van der Waals surface area contributed by atoms with Gasteiger partial charge in [0.1, 0.15) is 16.7 Å². The summed E-state index contributed by atoms with van der Waals surface area (Å²) in [5.74, 6) is 0. The first-order valence-electron chi connectivity index (χ1n) is 9.18. The predicted molar refractivity (Wildman–Crippen MR) is 117 cm³/mol. The van der Waals surface area contributed by atoms with E-state index in [0.29, 0.717) is 0 Å². The zero-order chi connectivity index (χ0) is 18.5. The molecule has 3 heterocycles. The van der Waals surface area contributed by atoms with Crippen LogP contribution in [0.1, 0.15) is 0 Å². The average Bonchev–Trinajstić information content (AvgIpc) is 3.29. The minimum atomic E-state index is 1.01. The van der Waals surface area contributed by atoms with Crippen LogP contribution in [0.25, 0.3) is 48.2 Å². The van der Waals surface area contributed by atoms with E-state index in [0.717, 1.165) is 16.7 Å². The largest absolute Gasteiger partial charge is 0.298 e. The molecule has 0 aliphatic rings. The molecule has 4 heteroatoms. The van der Waals surface area contributed by atoms with Gasteiger partial charge in [-0.25, -0.2) is 9.97 Å². The molecule has 0 bridgehead atoms. The fourth-order valence-electron chi connectivity index (χ4n) is 3.92. The fraction of sp³-hybridized carbons (Fsp3) is 0. The summed E-state index contributed by atoms with van der Waals surface area (Å²) in [5, 5.41) is 2.47. The van der Waals surface area contributed by atoms with E-state index >= 15 is 0 Å². The van der Waals surface area contributed by atoms with Crippen LogP contribution >= 0.6 is 11.3 Å². The first-order chi connectivity index (χ1) is 13.9. The summed E-state index contributed by atoms with van der Waals surface area (Å²) in [7, 11) is 0. The summed E-state index contributed by atoms with van der Waals surface area (Å²) in [4.78, 5) is 10.2. The topological polar surface area (TPSA) is 30.7 Å². The van der Waals surface area contributed by atoms with Crippen LogP contribution in [-0.2, 0) is 0 Å². The number of benzene rings is 3. The molecule has 6 aromatic rings. The predicted octanol–water partition coefficient (Wildman–Crippen LogP) is 6.46. The summed E-state index contributed by atoms with van der Waals surface area (Å²) < 4.78 is 3.57. The van der Waals surface area contributed by atoms with E-state index < -0.39 is 0 Å². The Kier molecular flexibility index (Phi) is 3.34. The van der Waals surface area contributed by atoms with Crippen molar-refractivity contribution in [3.05, 3.63) is 91.4 Å². The third kappa shape index (κ3) is 2.22. The highest BCUT2D eigenvalue weighted by Gasteiger charge is 2.18. The van der Waals surface area contributed by atoms with E-state index in [1.165, 1.54) is 31.4 Å². The number of aromatic nitrogens is 3. The molecule has 132 valence electrons. The van der Waals surface area contributed by atoms with Crippen molar-refractivity contribution in [1.82, 2.24) is 14.5 Å². The molecule has 28 heavy (non-hydrogen) atoms. The summed E-state index contributed by atoms with van der Waals surface area (Å²) in [6.45, 7) is 0. The first-order valence-corrected chi connectivity index (χ1v) is 9.99. The highest BCUT2D eigenvalue weighted by Crippen LogP contribution is 2.41. The van der Waals surface area contributed by atoms with Gasteiger partial charge in [0, 0.05) is 21.2 Å². The quantitative estimate of drug-likeness (QED) is 0.347. The molecule has 0 atom stereocenters. The summed E-state index contributed by atoms with van der Waals surface area (Å²) in [6, 6.07) is 27.7. The normalized spacial score (nSPS) is 11.6. The monoisotopic (exact) mass is 377 g/mol. The van der Waals surface area contributed by atoms with Crippen LogP contribution in [0.2, 0.25) is 0 Å². The Hall–Kier alpha value is -3.50. The molecule has 0 unspecified atom stereocenters. The van der Waals surface area contributed by atoms with Gasteiger partial charge in [-0.1, -0.05) is 60.7 Å². The molecule has 0 saturated heterocycles. The number of hydrogen-bond donors (Lipinski definition) is 0. The van der Waals surface area contributed by atoms with Gasteiger partial charge in [-0.3, -0.25) is 4.57 Å². The fourth-order valence-corrected chi connectivity index (χ4v) is 5.16. The Balaban J connectivity index is 1.70. The lowest BCUT2D eigenvalue weighted by atomic mass is 10.1. The van der Waals surface area contributed by atoms with Gasteiger partial charge in [0.2, 0.25) is 0 Å². The lowest BCUT2D eigenvalue weighted by Crippen LogP contribution is -1.94. The number of rotatable bonds is 2. The van der Waals surface area contributed by atoms with Gasteiger partial charge < -0.3 is 0 Å². The van der Waals surface area contributed by atoms with E-state index in [-0.39, 0.29) is 0 Å². The Morgan fingerprint density at radius 1 is 0.786 bits per heavy atom. The smallest absolute Gasteiger partial charge is 0.116 e. The molecule has 0 fully saturated rings. The van der Waals surface area contributed by atoms with Gasteiger partial charge in [-0.15, -0.1) is 11.3 Å². The highest BCUT2D eigenvalue weighted by molar-refractivity contribution is 7.25. The van der Waals surface area contributed by atoms with Crippen molar-refractivity contribution in [3.8, 4) is 16.8 Å². The summed E-state index contributed by atoms with van der Waals surface area (Å²) >= 11 is 1.81.